The maximum absolute atomic E-state index is 12.5. The van der Waals surface area contributed by atoms with Gasteiger partial charge in [0.1, 0.15) is 5.75 Å². The zero-order valence-electron chi connectivity index (χ0n) is 13.9. The lowest BCUT2D eigenvalue weighted by Gasteiger charge is -2.36. The highest BCUT2D eigenvalue weighted by Gasteiger charge is 2.21. The second-order valence-electron chi connectivity index (χ2n) is 5.99. The van der Waals surface area contributed by atoms with Crippen molar-refractivity contribution in [2.75, 3.05) is 43.9 Å². The van der Waals surface area contributed by atoms with Gasteiger partial charge in [-0.1, -0.05) is 18.2 Å². The highest BCUT2D eigenvalue weighted by molar-refractivity contribution is 5.79. The highest BCUT2D eigenvalue weighted by atomic mass is 16.5. The molecule has 3 rings (SSSR count). The van der Waals surface area contributed by atoms with Crippen molar-refractivity contribution in [3.63, 3.8) is 0 Å². The molecule has 1 saturated heterocycles. The normalized spacial score (nSPS) is 14.5. The molecule has 24 heavy (non-hydrogen) atoms. The summed E-state index contributed by atoms with van der Waals surface area (Å²) in [5.74, 6) is 1.03. The fourth-order valence-corrected chi connectivity index (χ4v) is 2.94. The Labute approximate surface area is 142 Å². The van der Waals surface area contributed by atoms with E-state index in [-0.39, 0.29) is 5.91 Å². The summed E-state index contributed by atoms with van der Waals surface area (Å²) in [7, 11) is 1.67. The van der Waals surface area contributed by atoms with Gasteiger partial charge < -0.3 is 20.3 Å². The number of methoxy groups -OCH3 is 1. The molecule has 2 aromatic carbocycles. The van der Waals surface area contributed by atoms with Crippen molar-refractivity contribution in [1.29, 1.82) is 0 Å². The molecule has 2 N–H and O–H groups in total. The number of carbonyl (C=O) groups is 1. The van der Waals surface area contributed by atoms with Crippen LogP contribution in [-0.4, -0.2) is 44.1 Å². The van der Waals surface area contributed by atoms with E-state index >= 15 is 0 Å². The van der Waals surface area contributed by atoms with Gasteiger partial charge in [-0.3, -0.25) is 4.79 Å². The number of amides is 1. The number of benzene rings is 2. The van der Waals surface area contributed by atoms with Gasteiger partial charge in [0.2, 0.25) is 5.91 Å². The Bertz CT molecular complexity index is 692. The maximum Gasteiger partial charge on any atom is 0.227 e. The van der Waals surface area contributed by atoms with Crippen molar-refractivity contribution in [3.05, 3.63) is 54.1 Å². The van der Waals surface area contributed by atoms with Crippen LogP contribution >= 0.6 is 0 Å². The monoisotopic (exact) mass is 325 g/mol. The first-order valence-electron chi connectivity index (χ1n) is 8.17. The lowest BCUT2D eigenvalue weighted by atomic mass is 10.1. The molecule has 0 bridgehead atoms. The van der Waals surface area contributed by atoms with E-state index in [4.69, 9.17) is 10.5 Å². The molecule has 0 aromatic heterocycles. The number of anilines is 2. The molecule has 0 radical (unpaired) electrons. The van der Waals surface area contributed by atoms with E-state index in [9.17, 15) is 4.79 Å². The van der Waals surface area contributed by atoms with Gasteiger partial charge in [0, 0.05) is 43.6 Å². The van der Waals surface area contributed by atoms with E-state index in [1.54, 1.807) is 7.11 Å². The summed E-state index contributed by atoms with van der Waals surface area (Å²) in [4.78, 5) is 16.7. The molecule has 0 unspecified atom stereocenters. The number of nitrogens with two attached hydrogens (primary N) is 1. The quantitative estimate of drug-likeness (QED) is 0.875. The van der Waals surface area contributed by atoms with Gasteiger partial charge in [-0.25, -0.2) is 0 Å². The number of carbonyl (C=O) groups excluding carboxylic acids is 1. The van der Waals surface area contributed by atoms with Crippen molar-refractivity contribution in [2.24, 2.45) is 0 Å². The Morgan fingerprint density at radius 1 is 1.08 bits per heavy atom. The van der Waals surface area contributed by atoms with Gasteiger partial charge >= 0.3 is 0 Å². The molecule has 2 aromatic rings. The SMILES string of the molecule is COc1cccc(N2CCN(C(=O)Cc3ccc(N)cc3)CC2)c1. The van der Waals surface area contributed by atoms with Crippen molar-refractivity contribution in [1.82, 2.24) is 4.90 Å². The standard InChI is InChI=1S/C19H23N3O2/c1-24-18-4-2-3-17(14-18)21-9-11-22(12-10-21)19(23)13-15-5-7-16(20)8-6-15/h2-8,14H,9-13,20H2,1H3. The smallest absolute Gasteiger partial charge is 0.227 e. The molecule has 0 atom stereocenters. The van der Waals surface area contributed by atoms with E-state index in [1.165, 1.54) is 0 Å². The molecular formula is C19H23N3O2. The maximum atomic E-state index is 12.5. The number of piperazine rings is 1. The average molecular weight is 325 g/mol. The number of hydrogen-bond donors (Lipinski definition) is 1. The molecule has 0 saturated carbocycles. The van der Waals surface area contributed by atoms with Crippen LogP contribution < -0.4 is 15.4 Å². The van der Waals surface area contributed by atoms with Gasteiger partial charge in [0.05, 0.1) is 13.5 Å². The minimum Gasteiger partial charge on any atom is -0.497 e. The fourth-order valence-electron chi connectivity index (χ4n) is 2.94. The first kappa shape index (κ1) is 16.2. The molecule has 1 aliphatic rings. The molecular weight excluding hydrogens is 302 g/mol. The molecule has 126 valence electrons. The zero-order valence-corrected chi connectivity index (χ0v) is 13.9. The summed E-state index contributed by atoms with van der Waals surface area (Å²) >= 11 is 0. The number of ether oxygens (including phenoxy) is 1. The van der Waals surface area contributed by atoms with Crippen molar-refractivity contribution in [2.45, 2.75) is 6.42 Å². The van der Waals surface area contributed by atoms with Gasteiger partial charge in [-0.05, 0) is 29.8 Å². The number of hydrogen-bond acceptors (Lipinski definition) is 4. The Kier molecular flexibility index (Phi) is 4.89. The zero-order chi connectivity index (χ0) is 16.9. The third-order valence-corrected chi connectivity index (χ3v) is 4.39. The van der Waals surface area contributed by atoms with E-state index in [1.807, 2.05) is 47.4 Å². The molecule has 5 nitrogen and oxygen atoms in total. The van der Waals surface area contributed by atoms with Crippen molar-refractivity contribution in [3.8, 4) is 5.75 Å². The van der Waals surface area contributed by atoms with Crippen LogP contribution in [0, 0.1) is 0 Å². The first-order chi connectivity index (χ1) is 11.7. The minimum absolute atomic E-state index is 0.171. The van der Waals surface area contributed by atoms with Crippen LogP contribution in [0.2, 0.25) is 0 Å². The van der Waals surface area contributed by atoms with Crippen LogP contribution in [0.4, 0.5) is 11.4 Å². The van der Waals surface area contributed by atoms with Crippen molar-refractivity contribution < 1.29 is 9.53 Å². The summed E-state index contributed by atoms with van der Waals surface area (Å²) in [5.41, 5.74) is 8.55. The lowest BCUT2D eigenvalue weighted by molar-refractivity contribution is -0.130. The highest BCUT2D eigenvalue weighted by Crippen LogP contribution is 2.22. The summed E-state index contributed by atoms with van der Waals surface area (Å²) < 4.78 is 5.28. The Morgan fingerprint density at radius 3 is 2.46 bits per heavy atom. The molecule has 1 aliphatic heterocycles. The van der Waals surface area contributed by atoms with Gasteiger partial charge in [-0.2, -0.15) is 0 Å². The second-order valence-corrected chi connectivity index (χ2v) is 5.99. The van der Waals surface area contributed by atoms with Crippen LogP contribution in [-0.2, 0) is 11.2 Å². The third kappa shape index (κ3) is 3.79. The van der Waals surface area contributed by atoms with Crippen LogP contribution in [0.15, 0.2) is 48.5 Å². The Hall–Kier alpha value is -2.69. The van der Waals surface area contributed by atoms with Crippen LogP contribution in [0.1, 0.15) is 5.56 Å². The molecule has 1 heterocycles. The van der Waals surface area contributed by atoms with Crippen molar-refractivity contribution >= 4 is 17.3 Å². The molecule has 5 heteroatoms. The van der Waals surface area contributed by atoms with Crippen LogP contribution in [0.3, 0.4) is 0 Å². The first-order valence-corrected chi connectivity index (χ1v) is 8.17. The van der Waals surface area contributed by atoms with E-state index in [0.717, 1.165) is 48.9 Å². The average Bonchev–Trinajstić information content (AvgIpc) is 2.64. The topological polar surface area (TPSA) is 58.8 Å². The van der Waals surface area contributed by atoms with Crippen LogP contribution in [0.5, 0.6) is 5.75 Å². The van der Waals surface area contributed by atoms with Gasteiger partial charge in [-0.15, -0.1) is 0 Å². The van der Waals surface area contributed by atoms with Gasteiger partial charge in [0.25, 0.3) is 0 Å². The summed E-state index contributed by atoms with van der Waals surface area (Å²) in [6, 6.07) is 15.6. The second kappa shape index (κ2) is 7.25. The molecule has 0 spiro atoms. The van der Waals surface area contributed by atoms with Crippen LogP contribution in [0.25, 0.3) is 0 Å². The minimum atomic E-state index is 0.171. The number of nitrogen functional groups attached to an aromatic ring is 1. The summed E-state index contributed by atoms with van der Waals surface area (Å²) in [6.07, 6.45) is 0.430. The number of nitrogens with zero attached hydrogens (tertiary/aromatic N) is 2. The van der Waals surface area contributed by atoms with Gasteiger partial charge in [0.15, 0.2) is 0 Å². The lowest BCUT2D eigenvalue weighted by Crippen LogP contribution is -2.49. The predicted octanol–water partition coefficient (Wildman–Crippen LogP) is 2.17. The Balaban J connectivity index is 1.56. The van der Waals surface area contributed by atoms with E-state index < -0.39 is 0 Å². The fraction of sp³-hybridized carbons (Fsp3) is 0.316. The third-order valence-electron chi connectivity index (χ3n) is 4.39. The molecule has 1 fully saturated rings. The number of rotatable bonds is 4. The molecule has 1 amide bonds. The summed E-state index contributed by atoms with van der Waals surface area (Å²) in [5, 5.41) is 0. The predicted molar refractivity (Wildman–Crippen MR) is 96.3 cm³/mol. The largest absolute Gasteiger partial charge is 0.497 e. The summed E-state index contributed by atoms with van der Waals surface area (Å²) in [6.45, 7) is 3.15. The molecule has 0 aliphatic carbocycles. The Morgan fingerprint density at radius 2 is 1.79 bits per heavy atom. The van der Waals surface area contributed by atoms with E-state index in [2.05, 4.69) is 11.0 Å². The van der Waals surface area contributed by atoms with E-state index in [0.29, 0.717) is 6.42 Å².